The second kappa shape index (κ2) is 6.38. The van der Waals surface area contributed by atoms with Crippen molar-refractivity contribution in [2.45, 2.75) is 25.6 Å². The second-order valence-corrected chi connectivity index (χ2v) is 4.73. The summed E-state index contributed by atoms with van der Waals surface area (Å²) in [5, 5.41) is 11.9. The minimum absolute atomic E-state index is 0.0264. The molecule has 0 spiro atoms. The first-order chi connectivity index (χ1) is 9.58. The number of imidazole rings is 1. The van der Waals surface area contributed by atoms with Crippen LogP contribution in [0.15, 0.2) is 18.7 Å². The van der Waals surface area contributed by atoms with Gasteiger partial charge in [0.15, 0.2) is 6.04 Å². The molecular formula is C12H18N4O4. The maximum atomic E-state index is 12.1. The molecule has 1 aliphatic rings. The van der Waals surface area contributed by atoms with Crippen molar-refractivity contribution in [1.29, 1.82) is 0 Å². The third-order valence-electron chi connectivity index (χ3n) is 3.09. The molecular weight excluding hydrogens is 264 g/mol. The van der Waals surface area contributed by atoms with E-state index < -0.39 is 12.0 Å². The molecule has 8 nitrogen and oxygen atoms in total. The van der Waals surface area contributed by atoms with Crippen molar-refractivity contribution in [3.05, 3.63) is 18.7 Å². The molecule has 0 bridgehead atoms. The highest BCUT2D eigenvalue weighted by Crippen LogP contribution is 2.08. The summed E-state index contributed by atoms with van der Waals surface area (Å²) in [4.78, 5) is 28.4. The third kappa shape index (κ3) is 3.47. The topological polar surface area (TPSA) is 96.7 Å². The van der Waals surface area contributed by atoms with E-state index in [9.17, 15) is 9.59 Å². The molecule has 2 N–H and O–H groups in total. The zero-order valence-corrected chi connectivity index (χ0v) is 11.2. The summed E-state index contributed by atoms with van der Waals surface area (Å²) >= 11 is 0. The predicted octanol–water partition coefficient (Wildman–Crippen LogP) is -0.233. The van der Waals surface area contributed by atoms with Gasteiger partial charge in [0.25, 0.3) is 0 Å². The summed E-state index contributed by atoms with van der Waals surface area (Å²) in [5.41, 5.74) is 0. The van der Waals surface area contributed by atoms with Crippen LogP contribution in [0.4, 0.5) is 4.79 Å². The van der Waals surface area contributed by atoms with Crippen molar-refractivity contribution in [3.8, 4) is 0 Å². The van der Waals surface area contributed by atoms with Gasteiger partial charge in [-0.3, -0.25) is 0 Å². The average Bonchev–Trinajstić information content (AvgIpc) is 2.91. The summed E-state index contributed by atoms with van der Waals surface area (Å²) in [6.45, 7) is 3.09. The van der Waals surface area contributed by atoms with Crippen LogP contribution in [-0.2, 0) is 16.1 Å². The van der Waals surface area contributed by atoms with Gasteiger partial charge in [0.2, 0.25) is 0 Å². The Morgan fingerprint density at radius 3 is 3.05 bits per heavy atom. The van der Waals surface area contributed by atoms with E-state index >= 15 is 0 Å². The first kappa shape index (κ1) is 14.3. The molecule has 1 aromatic heterocycles. The fraction of sp³-hybridized carbons (Fsp3) is 0.583. The van der Waals surface area contributed by atoms with Gasteiger partial charge >= 0.3 is 12.0 Å². The highest BCUT2D eigenvalue weighted by atomic mass is 16.5. The number of morpholine rings is 1. The van der Waals surface area contributed by atoms with Crippen LogP contribution in [-0.4, -0.2) is 63.4 Å². The zero-order chi connectivity index (χ0) is 14.5. The van der Waals surface area contributed by atoms with Crippen LogP contribution in [0.3, 0.4) is 0 Å². The standard InChI is InChI=1S/C12H18N4O4/c1-9(6-15-3-2-13-8-15)14-12(19)16-4-5-20-7-10(16)11(17)18/h2-3,8-10H,4-7H2,1H3,(H,14,19)(H,17,18). The van der Waals surface area contributed by atoms with E-state index in [1.807, 2.05) is 11.5 Å². The first-order valence-electron chi connectivity index (χ1n) is 6.41. The van der Waals surface area contributed by atoms with Crippen LogP contribution >= 0.6 is 0 Å². The molecule has 1 fully saturated rings. The Kier molecular flexibility index (Phi) is 4.57. The molecule has 2 rings (SSSR count). The van der Waals surface area contributed by atoms with E-state index in [2.05, 4.69) is 10.3 Å². The lowest BCUT2D eigenvalue weighted by Gasteiger charge is -2.33. The van der Waals surface area contributed by atoms with Crippen LogP contribution < -0.4 is 5.32 Å². The molecule has 2 amide bonds. The molecule has 1 saturated heterocycles. The first-order valence-corrected chi connectivity index (χ1v) is 6.41. The zero-order valence-electron chi connectivity index (χ0n) is 11.2. The number of carbonyl (C=O) groups is 2. The quantitative estimate of drug-likeness (QED) is 0.795. The Morgan fingerprint density at radius 2 is 2.40 bits per heavy atom. The largest absolute Gasteiger partial charge is 0.480 e. The molecule has 1 aromatic rings. The molecule has 0 aromatic carbocycles. The monoisotopic (exact) mass is 282 g/mol. The van der Waals surface area contributed by atoms with E-state index in [1.165, 1.54) is 4.90 Å². The van der Waals surface area contributed by atoms with Crippen molar-refractivity contribution >= 4 is 12.0 Å². The summed E-state index contributed by atoms with van der Waals surface area (Å²) in [6.07, 6.45) is 5.13. The highest BCUT2D eigenvalue weighted by molar-refractivity contribution is 5.83. The van der Waals surface area contributed by atoms with E-state index in [-0.39, 0.29) is 25.2 Å². The number of hydrogen-bond donors (Lipinski definition) is 2. The van der Waals surface area contributed by atoms with Gasteiger partial charge in [-0.05, 0) is 6.92 Å². The number of carboxylic acid groups (broad SMARTS) is 1. The number of rotatable bonds is 4. The lowest BCUT2D eigenvalue weighted by atomic mass is 10.2. The highest BCUT2D eigenvalue weighted by Gasteiger charge is 2.33. The molecule has 0 saturated carbocycles. The summed E-state index contributed by atoms with van der Waals surface area (Å²) in [5.74, 6) is -1.05. The van der Waals surface area contributed by atoms with Gasteiger partial charge < -0.3 is 24.6 Å². The smallest absolute Gasteiger partial charge is 0.328 e. The second-order valence-electron chi connectivity index (χ2n) is 4.73. The van der Waals surface area contributed by atoms with Crippen LogP contribution in [0.2, 0.25) is 0 Å². The van der Waals surface area contributed by atoms with Crippen LogP contribution in [0, 0.1) is 0 Å². The number of carboxylic acids is 1. The number of ether oxygens (including phenoxy) is 1. The number of nitrogens with one attached hydrogen (secondary N) is 1. The number of hydrogen-bond acceptors (Lipinski definition) is 4. The van der Waals surface area contributed by atoms with Crippen molar-refractivity contribution < 1.29 is 19.4 Å². The molecule has 0 aliphatic carbocycles. The number of amides is 2. The molecule has 110 valence electrons. The molecule has 2 atom stereocenters. The summed E-state index contributed by atoms with van der Waals surface area (Å²) < 4.78 is 6.95. The molecule has 8 heteroatoms. The van der Waals surface area contributed by atoms with Crippen molar-refractivity contribution in [2.24, 2.45) is 0 Å². The Hall–Kier alpha value is -2.09. The number of carbonyl (C=O) groups excluding carboxylic acids is 1. The number of nitrogens with zero attached hydrogens (tertiary/aromatic N) is 3. The predicted molar refractivity (Wildman–Crippen MR) is 69.2 cm³/mol. The van der Waals surface area contributed by atoms with Gasteiger partial charge in [-0.2, -0.15) is 0 Å². The SMILES string of the molecule is CC(Cn1ccnc1)NC(=O)N1CCOCC1C(=O)O. The Bertz CT molecular complexity index is 462. The normalized spacial score (nSPS) is 20.4. The molecule has 2 unspecified atom stereocenters. The van der Waals surface area contributed by atoms with Gasteiger partial charge in [0, 0.05) is 31.5 Å². The summed E-state index contributed by atoms with van der Waals surface area (Å²) in [6, 6.07) is -1.44. The maximum Gasteiger partial charge on any atom is 0.328 e. The molecule has 2 heterocycles. The average molecular weight is 282 g/mol. The van der Waals surface area contributed by atoms with Crippen LogP contribution in [0.25, 0.3) is 0 Å². The molecule has 20 heavy (non-hydrogen) atoms. The lowest BCUT2D eigenvalue weighted by Crippen LogP contribution is -2.57. The Balaban J connectivity index is 1.90. The number of aromatic nitrogens is 2. The number of aliphatic carboxylic acids is 1. The molecule has 0 radical (unpaired) electrons. The fourth-order valence-electron chi connectivity index (χ4n) is 2.10. The van der Waals surface area contributed by atoms with E-state index in [0.717, 1.165) is 0 Å². The van der Waals surface area contributed by atoms with Gasteiger partial charge in [-0.25, -0.2) is 14.6 Å². The van der Waals surface area contributed by atoms with Crippen LogP contribution in [0.5, 0.6) is 0 Å². The third-order valence-corrected chi connectivity index (χ3v) is 3.09. The van der Waals surface area contributed by atoms with Gasteiger partial charge in [-0.1, -0.05) is 0 Å². The lowest BCUT2D eigenvalue weighted by molar-refractivity contribution is -0.147. The van der Waals surface area contributed by atoms with E-state index in [1.54, 1.807) is 18.7 Å². The minimum atomic E-state index is -1.05. The van der Waals surface area contributed by atoms with Crippen molar-refractivity contribution in [3.63, 3.8) is 0 Å². The maximum absolute atomic E-state index is 12.1. The van der Waals surface area contributed by atoms with Crippen molar-refractivity contribution in [2.75, 3.05) is 19.8 Å². The molecule has 1 aliphatic heterocycles. The minimum Gasteiger partial charge on any atom is -0.480 e. The van der Waals surface area contributed by atoms with E-state index in [0.29, 0.717) is 13.2 Å². The van der Waals surface area contributed by atoms with Gasteiger partial charge in [0.05, 0.1) is 19.5 Å². The van der Waals surface area contributed by atoms with Crippen molar-refractivity contribution in [1.82, 2.24) is 19.8 Å². The van der Waals surface area contributed by atoms with Gasteiger partial charge in [0.1, 0.15) is 0 Å². The number of urea groups is 1. The Labute approximate surface area is 116 Å². The fourth-order valence-corrected chi connectivity index (χ4v) is 2.10. The summed E-state index contributed by atoms with van der Waals surface area (Å²) in [7, 11) is 0. The Morgan fingerprint density at radius 1 is 1.60 bits per heavy atom. The van der Waals surface area contributed by atoms with Gasteiger partial charge in [-0.15, -0.1) is 0 Å². The van der Waals surface area contributed by atoms with Crippen LogP contribution in [0.1, 0.15) is 6.92 Å². The van der Waals surface area contributed by atoms with E-state index in [4.69, 9.17) is 9.84 Å².